The summed E-state index contributed by atoms with van der Waals surface area (Å²) in [7, 11) is 0. The monoisotopic (exact) mass is 266 g/mol. The first kappa shape index (κ1) is 12.9. The number of nitrogens with one attached hydrogen (secondary N) is 1. The van der Waals surface area contributed by atoms with E-state index in [1.807, 2.05) is 30.3 Å². The molecule has 1 aliphatic heterocycles. The summed E-state index contributed by atoms with van der Waals surface area (Å²) in [5.41, 5.74) is 0.752. The van der Waals surface area contributed by atoms with Gasteiger partial charge in [-0.2, -0.15) is 0 Å². The fourth-order valence-corrected chi connectivity index (χ4v) is 2.26. The van der Waals surface area contributed by atoms with E-state index in [4.69, 9.17) is 11.6 Å². The quantitative estimate of drug-likeness (QED) is 0.821. The van der Waals surface area contributed by atoms with Gasteiger partial charge >= 0.3 is 0 Å². The van der Waals surface area contributed by atoms with Crippen molar-refractivity contribution in [2.24, 2.45) is 0 Å². The highest BCUT2D eigenvalue weighted by molar-refractivity contribution is 6.30. The molecule has 2 amide bonds. The first-order valence-electron chi connectivity index (χ1n) is 5.88. The fraction of sp³-hybridized carbons (Fsp3) is 0.385. The van der Waals surface area contributed by atoms with Gasteiger partial charge in [0.2, 0.25) is 11.8 Å². The maximum atomic E-state index is 12.3. The molecule has 1 heterocycles. The number of halogens is 1. The van der Waals surface area contributed by atoms with Crippen LogP contribution in [0.15, 0.2) is 30.3 Å². The molecule has 1 aromatic rings. The molecule has 2 unspecified atom stereocenters. The minimum atomic E-state index is -0.737. The summed E-state index contributed by atoms with van der Waals surface area (Å²) in [6.07, 6.45) is 0. The van der Waals surface area contributed by atoms with Crippen molar-refractivity contribution < 1.29 is 9.59 Å². The molecule has 18 heavy (non-hydrogen) atoms. The van der Waals surface area contributed by atoms with Gasteiger partial charge in [0, 0.05) is 13.1 Å². The zero-order chi connectivity index (χ0) is 13.1. The average molecular weight is 267 g/mol. The molecule has 0 spiro atoms. The van der Waals surface area contributed by atoms with Crippen LogP contribution in [0.25, 0.3) is 0 Å². The second-order valence-electron chi connectivity index (χ2n) is 4.27. The molecule has 0 radical (unpaired) electrons. The molecule has 0 saturated carbocycles. The van der Waals surface area contributed by atoms with Crippen LogP contribution in [0.1, 0.15) is 17.9 Å². The highest BCUT2D eigenvalue weighted by Gasteiger charge is 2.33. The molecule has 5 heteroatoms. The number of carbonyl (C=O) groups excluding carboxylic acids is 2. The molecule has 1 fully saturated rings. The molecule has 96 valence electrons. The normalized spacial score (nSPS) is 21.3. The van der Waals surface area contributed by atoms with E-state index in [0.717, 1.165) is 5.56 Å². The van der Waals surface area contributed by atoms with Gasteiger partial charge in [-0.05, 0) is 12.5 Å². The van der Waals surface area contributed by atoms with Gasteiger partial charge in [0.05, 0.1) is 0 Å². The topological polar surface area (TPSA) is 49.4 Å². The first-order chi connectivity index (χ1) is 8.61. The smallest absolute Gasteiger partial charge is 0.245 e. The van der Waals surface area contributed by atoms with Gasteiger partial charge in [0.1, 0.15) is 11.4 Å². The minimum absolute atomic E-state index is 0.133. The Balaban J connectivity index is 2.14. The number of hydrogen-bond acceptors (Lipinski definition) is 2. The lowest BCUT2D eigenvalue weighted by molar-refractivity contribution is -0.142. The Morgan fingerprint density at radius 3 is 2.78 bits per heavy atom. The van der Waals surface area contributed by atoms with Crippen LogP contribution in [-0.2, 0) is 9.59 Å². The largest absolute Gasteiger partial charge is 0.353 e. The molecule has 4 nitrogen and oxygen atoms in total. The Labute approximate surface area is 111 Å². The van der Waals surface area contributed by atoms with Crippen molar-refractivity contribution in [2.75, 3.05) is 13.1 Å². The van der Waals surface area contributed by atoms with E-state index in [-0.39, 0.29) is 11.8 Å². The van der Waals surface area contributed by atoms with Gasteiger partial charge in [0.25, 0.3) is 0 Å². The van der Waals surface area contributed by atoms with E-state index in [2.05, 4.69) is 5.32 Å². The number of amides is 2. The lowest BCUT2D eigenvalue weighted by Gasteiger charge is -2.34. The van der Waals surface area contributed by atoms with Crippen LogP contribution in [0.3, 0.4) is 0 Å². The molecular weight excluding hydrogens is 252 g/mol. The zero-order valence-corrected chi connectivity index (χ0v) is 10.9. The number of alkyl halides is 1. The van der Waals surface area contributed by atoms with Crippen LogP contribution in [0.5, 0.6) is 0 Å². The van der Waals surface area contributed by atoms with E-state index in [9.17, 15) is 9.59 Å². The number of benzene rings is 1. The molecular formula is C13H15ClN2O2. The molecule has 1 aliphatic rings. The van der Waals surface area contributed by atoms with Crippen molar-refractivity contribution >= 4 is 23.4 Å². The van der Waals surface area contributed by atoms with Gasteiger partial charge in [-0.3, -0.25) is 9.59 Å². The van der Waals surface area contributed by atoms with Crippen molar-refractivity contribution in [2.45, 2.75) is 18.3 Å². The van der Waals surface area contributed by atoms with E-state index < -0.39 is 11.4 Å². The summed E-state index contributed by atoms with van der Waals surface area (Å²) in [6, 6.07) is 8.70. The molecule has 2 atom stereocenters. The fourth-order valence-electron chi connectivity index (χ4n) is 1.99. The molecule has 1 N–H and O–H groups in total. The SMILES string of the molecule is CC1C(=O)NCCN1C(=O)C(Cl)c1ccccc1. The average Bonchev–Trinajstić information content (AvgIpc) is 2.41. The van der Waals surface area contributed by atoms with Crippen molar-refractivity contribution in [1.29, 1.82) is 0 Å². The van der Waals surface area contributed by atoms with Crippen molar-refractivity contribution in [3.8, 4) is 0 Å². The molecule has 1 saturated heterocycles. The summed E-state index contributed by atoms with van der Waals surface area (Å²) in [5.74, 6) is -0.350. The summed E-state index contributed by atoms with van der Waals surface area (Å²) < 4.78 is 0. The standard InChI is InChI=1S/C13H15ClN2O2/c1-9-12(17)15-7-8-16(9)13(18)11(14)10-5-3-2-4-6-10/h2-6,9,11H,7-8H2,1H3,(H,15,17). The van der Waals surface area contributed by atoms with Crippen LogP contribution in [0.4, 0.5) is 0 Å². The predicted molar refractivity (Wildman–Crippen MR) is 69.2 cm³/mol. The van der Waals surface area contributed by atoms with Crippen LogP contribution in [0.2, 0.25) is 0 Å². The van der Waals surface area contributed by atoms with Crippen LogP contribution < -0.4 is 5.32 Å². The Morgan fingerprint density at radius 2 is 2.11 bits per heavy atom. The third-order valence-corrected chi connectivity index (χ3v) is 3.53. The van der Waals surface area contributed by atoms with E-state index in [1.54, 1.807) is 6.92 Å². The number of carbonyl (C=O) groups is 2. The summed E-state index contributed by atoms with van der Waals surface area (Å²) in [5, 5.41) is 1.98. The highest BCUT2D eigenvalue weighted by atomic mass is 35.5. The maximum Gasteiger partial charge on any atom is 0.245 e. The van der Waals surface area contributed by atoms with Gasteiger partial charge in [-0.1, -0.05) is 30.3 Å². The minimum Gasteiger partial charge on any atom is -0.353 e. The summed E-state index contributed by atoms with van der Waals surface area (Å²) in [4.78, 5) is 25.3. The summed E-state index contributed by atoms with van der Waals surface area (Å²) in [6.45, 7) is 2.69. The maximum absolute atomic E-state index is 12.3. The van der Waals surface area contributed by atoms with Gasteiger partial charge in [0.15, 0.2) is 0 Å². The Bertz CT molecular complexity index is 450. The number of piperazine rings is 1. The van der Waals surface area contributed by atoms with E-state index >= 15 is 0 Å². The van der Waals surface area contributed by atoms with Crippen molar-refractivity contribution in [3.05, 3.63) is 35.9 Å². The third kappa shape index (κ3) is 2.48. The van der Waals surface area contributed by atoms with E-state index in [0.29, 0.717) is 13.1 Å². The van der Waals surface area contributed by atoms with Crippen molar-refractivity contribution in [1.82, 2.24) is 10.2 Å². The number of hydrogen-bond donors (Lipinski definition) is 1. The zero-order valence-electron chi connectivity index (χ0n) is 10.1. The third-order valence-electron chi connectivity index (χ3n) is 3.09. The molecule has 0 bridgehead atoms. The molecule has 2 rings (SSSR count). The van der Waals surface area contributed by atoms with Crippen molar-refractivity contribution in [3.63, 3.8) is 0 Å². The van der Waals surface area contributed by atoms with Crippen LogP contribution in [0, 0.1) is 0 Å². The Morgan fingerprint density at radius 1 is 1.44 bits per heavy atom. The molecule has 0 aliphatic carbocycles. The van der Waals surface area contributed by atoms with Gasteiger partial charge < -0.3 is 10.2 Å². The molecule has 1 aromatic carbocycles. The van der Waals surface area contributed by atoms with Crippen LogP contribution in [-0.4, -0.2) is 35.8 Å². The lowest BCUT2D eigenvalue weighted by Crippen LogP contribution is -2.56. The number of nitrogens with zero attached hydrogens (tertiary/aromatic N) is 1. The number of rotatable bonds is 2. The highest BCUT2D eigenvalue weighted by Crippen LogP contribution is 2.24. The second kappa shape index (κ2) is 5.40. The van der Waals surface area contributed by atoms with Gasteiger partial charge in [-0.25, -0.2) is 0 Å². The second-order valence-corrected chi connectivity index (χ2v) is 4.71. The van der Waals surface area contributed by atoms with Crippen LogP contribution >= 0.6 is 11.6 Å². The summed E-state index contributed by atoms with van der Waals surface area (Å²) >= 11 is 6.18. The Hall–Kier alpha value is -1.55. The van der Waals surface area contributed by atoms with Gasteiger partial charge in [-0.15, -0.1) is 11.6 Å². The first-order valence-corrected chi connectivity index (χ1v) is 6.32. The molecule has 0 aromatic heterocycles. The Kier molecular flexibility index (Phi) is 3.87. The predicted octanol–water partition coefficient (Wildman–Crippen LogP) is 1.31. The lowest BCUT2D eigenvalue weighted by atomic mass is 10.1. The van der Waals surface area contributed by atoms with E-state index in [1.165, 1.54) is 4.90 Å².